The first-order valence-electron chi connectivity index (χ1n) is 8.20. The lowest BCUT2D eigenvalue weighted by atomic mass is 9.84. The average molecular weight is 293 g/mol. The second-order valence-corrected chi connectivity index (χ2v) is 6.28. The number of hydrogen-bond acceptors (Lipinski definition) is 1. The van der Waals surface area contributed by atoms with E-state index in [9.17, 15) is 4.79 Å². The Bertz CT molecular complexity index is 622. The molecule has 1 saturated carbocycles. The van der Waals surface area contributed by atoms with Crippen LogP contribution in [0.25, 0.3) is 0 Å². The highest BCUT2D eigenvalue weighted by Crippen LogP contribution is 2.32. The van der Waals surface area contributed by atoms with Gasteiger partial charge in [0.05, 0.1) is 0 Å². The topological polar surface area (TPSA) is 29.1 Å². The summed E-state index contributed by atoms with van der Waals surface area (Å²) < 4.78 is 0. The van der Waals surface area contributed by atoms with E-state index in [1.54, 1.807) is 0 Å². The largest absolute Gasteiger partial charge is 0.322 e. The van der Waals surface area contributed by atoms with Crippen molar-refractivity contribution in [2.24, 2.45) is 0 Å². The molecule has 2 nitrogen and oxygen atoms in total. The zero-order chi connectivity index (χ0) is 15.4. The smallest absolute Gasteiger partial charge is 0.255 e. The first-order valence-corrected chi connectivity index (χ1v) is 8.20. The van der Waals surface area contributed by atoms with Gasteiger partial charge in [0, 0.05) is 11.3 Å². The highest BCUT2D eigenvalue weighted by Gasteiger charge is 2.15. The van der Waals surface area contributed by atoms with Crippen LogP contribution in [0, 0.1) is 6.92 Å². The summed E-state index contributed by atoms with van der Waals surface area (Å²) in [6.07, 6.45) is 6.67. The molecule has 0 aliphatic heterocycles. The third-order valence-corrected chi connectivity index (χ3v) is 4.56. The van der Waals surface area contributed by atoms with Gasteiger partial charge in [-0.3, -0.25) is 4.79 Å². The van der Waals surface area contributed by atoms with Crippen LogP contribution in [0.4, 0.5) is 5.69 Å². The maximum absolute atomic E-state index is 12.2. The molecule has 2 heteroatoms. The second-order valence-electron chi connectivity index (χ2n) is 6.28. The predicted octanol–water partition coefficient (Wildman–Crippen LogP) is 5.30. The normalized spacial score (nSPS) is 15.5. The molecule has 0 atom stereocenters. The fourth-order valence-electron chi connectivity index (χ4n) is 3.18. The minimum absolute atomic E-state index is 0.0505. The third-order valence-electron chi connectivity index (χ3n) is 4.56. The van der Waals surface area contributed by atoms with Crippen LogP contribution in [0.3, 0.4) is 0 Å². The molecule has 2 aromatic carbocycles. The summed E-state index contributed by atoms with van der Waals surface area (Å²) >= 11 is 0. The molecule has 0 unspecified atom stereocenters. The van der Waals surface area contributed by atoms with Gasteiger partial charge in [-0.1, -0.05) is 49.1 Å². The number of rotatable bonds is 3. The number of amides is 1. The number of carbonyl (C=O) groups excluding carboxylic acids is 1. The minimum Gasteiger partial charge on any atom is -0.322 e. The first-order chi connectivity index (χ1) is 10.7. The molecule has 0 saturated heterocycles. The SMILES string of the molecule is Cc1ccc(C(=O)Nc2ccc(C3CCCCC3)cc2)cc1. The Morgan fingerprint density at radius 2 is 1.55 bits per heavy atom. The van der Waals surface area contributed by atoms with Crippen LogP contribution in [0.1, 0.15) is 59.5 Å². The molecule has 114 valence electrons. The molecule has 22 heavy (non-hydrogen) atoms. The van der Waals surface area contributed by atoms with Gasteiger partial charge >= 0.3 is 0 Å². The van der Waals surface area contributed by atoms with Crippen LogP contribution in [-0.2, 0) is 0 Å². The van der Waals surface area contributed by atoms with Crippen molar-refractivity contribution >= 4 is 11.6 Å². The zero-order valence-electron chi connectivity index (χ0n) is 13.1. The van der Waals surface area contributed by atoms with E-state index in [-0.39, 0.29) is 5.91 Å². The summed E-state index contributed by atoms with van der Waals surface area (Å²) in [6, 6.07) is 16.0. The molecular weight excluding hydrogens is 270 g/mol. The molecule has 1 aliphatic carbocycles. The number of nitrogens with one attached hydrogen (secondary N) is 1. The Balaban J connectivity index is 1.65. The third kappa shape index (κ3) is 3.56. The Hall–Kier alpha value is -2.09. The summed E-state index contributed by atoms with van der Waals surface area (Å²) in [5.41, 5.74) is 4.13. The molecule has 0 bridgehead atoms. The summed E-state index contributed by atoms with van der Waals surface area (Å²) in [5, 5.41) is 2.97. The van der Waals surface area contributed by atoms with E-state index in [1.165, 1.54) is 37.7 Å². The minimum atomic E-state index is -0.0505. The fraction of sp³-hybridized carbons (Fsp3) is 0.350. The van der Waals surface area contributed by atoms with E-state index in [2.05, 4.69) is 17.4 Å². The van der Waals surface area contributed by atoms with Gasteiger partial charge < -0.3 is 5.32 Å². The number of carbonyl (C=O) groups is 1. The fourth-order valence-corrected chi connectivity index (χ4v) is 3.18. The Morgan fingerprint density at radius 3 is 2.18 bits per heavy atom. The lowest BCUT2D eigenvalue weighted by Crippen LogP contribution is -2.12. The molecular formula is C20H23NO. The van der Waals surface area contributed by atoms with E-state index in [1.807, 2.05) is 43.3 Å². The van der Waals surface area contributed by atoms with E-state index in [0.717, 1.165) is 11.3 Å². The Labute approximate surface area is 132 Å². The molecule has 0 radical (unpaired) electrons. The highest BCUT2D eigenvalue weighted by atomic mass is 16.1. The molecule has 0 aromatic heterocycles. The monoisotopic (exact) mass is 293 g/mol. The molecule has 1 fully saturated rings. The van der Waals surface area contributed by atoms with Crippen molar-refractivity contribution in [1.29, 1.82) is 0 Å². The van der Waals surface area contributed by atoms with E-state index in [4.69, 9.17) is 0 Å². The van der Waals surface area contributed by atoms with E-state index in [0.29, 0.717) is 11.5 Å². The average Bonchev–Trinajstić information content (AvgIpc) is 2.57. The van der Waals surface area contributed by atoms with Gasteiger partial charge in [0.2, 0.25) is 0 Å². The van der Waals surface area contributed by atoms with Gasteiger partial charge in [-0.25, -0.2) is 0 Å². The maximum Gasteiger partial charge on any atom is 0.255 e. The number of aryl methyl sites for hydroxylation is 1. The van der Waals surface area contributed by atoms with Gasteiger partial charge in [-0.15, -0.1) is 0 Å². The summed E-state index contributed by atoms with van der Waals surface area (Å²) in [7, 11) is 0. The van der Waals surface area contributed by atoms with Crippen LogP contribution in [0.5, 0.6) is 0 Å². The lowest BCUT2D eigenvalue weighted by molar-refractivity contribution is 0.102. The van der Waals surface area contributed by atoms with Crippen molar-refractivity contribution in [3.8, 4) is 0 Å². The van der Waals surface area contributed by atoms with Crippen LogP contribution in [0.15, 0.2) is 48.5 Å². The summed E-state index contributed by atoms with van der Waals surface area (Å²) in [6.45, 7) is 2.02. The lowest BCUT2D eigenvalue weighted by Gasteiger charge is -2.22. The van der Waals surface area contributed by atoms with Gasteiger partial charge in [0.15, 0.2) is 0 Å². The number of benzene rings is 2. The second kappa shape index (κ2) is 6.78. The van der Waals surface area contributed by atoms with E-state index < -0.39 is 0 Å². The molecule has 1 aliphatic rings. The first kappa shape index (κ1) is 14.8. The molecule has 3 rings (SSSR count). The molecule has 1 amide bonds. The van der Waals surface area contributed by atoms with Gasteiger partial charge in [-0.05, 0) is 55.5 Å². The number of anilines is 1. The molecule has 1 N–H and O–H groups in total. The highest BCUT2D eigenvalue weighted by molar-refractivity contribution is 6.04. The van der Waals surface area contributed by atoms with Crippen molar-refractivity contribution in [1.82, 2.24) is 0 Å². The van der Waals surface area contributed by atoms with Crippen LogP contribution < -0.4 is 5.32 Å². The van der Waals surface area contributed by atoms with Crippen LogP contribution >= 0.6 is 0 Å². The molecule has 2 aromatic rings. The van der Waals surface area contributed by atoms with Crippen LogP contribution in [0.2, 0.25) is 0 Å². The Morgan fingerprint density at radius 1 is 0.909 bits per heavy atom. The van der Waals surface area contributed by atoms with Gasteiger partial charge in [-0.2, -0.15) is 0 Å². The van der Waals surface area contributed by atoms with Crippen molar-refractivity contribution < 1.29 is 4.79 Å². The predicted molar refractivity (Wildman–Crippen MR) is 91.4 cm³/mol. The van der Waals surface area contributed by atoms with E-state index >= 15 is 0 Å². The maximum atomic E-state index is 12.2. The molecule has 0 spiro atoms. The number of hydrogen-bond donors (Lipinski definition) is 1. The van der Waals surface area contributed by atoms with Gasteiger partial charge in [0.1, 0.15) is 0 Å². The Kier molecular flexibility index (Phi) is 4.57. The molecule has 0 heterocycles. The quantitative estimate of drug-likeness (QED) is 0.818. The zero-order valence-corrected chi connectivity index (χ0v) is 13.1. The van der Waals surface area contributed by atoms with Crippen molar-refractivity contribution in [3.63, 3.8) is 0 Å². The van der Waals surface area contributed by atoms with Crippen molar-refractivity contribution in [2.45, 2.75) is 44.9 Å². The van der Waals surface area contributed by atoms with Crippen molar-refractivity contribution in [2.75, 3.05) is 5.32 Å². The van der Waals surface area contributed by atoms with Crippen molar-refractivity contribution in [3.05, 3.63) is 65.2 Å². The van der Waals surface area contributed by atoms with Gasteiger partial charge in [0.25, 0.3) is 5.91 Å². The summed E-state index contributed by atoms with van der Waals surface area (Å²) in [4.78, 5) is 12.2. The standard InChI is InChI=1S/C20H23NO/c1-15-7-9-18(10-8-15)20(22)21-19-13-11-17(12-14-19)16-5-3-2-4-6-16/h7-14,16H,2-6H2,1H3,(H,21,22). The van der Waals surface area contributed by atoms with Crippen LogP contribution in [-0.4, -0.2) is 5.91 Å². The summed E-state index contributed by atoms with van der Waals surface area (Å²) in [5.74, 6) is 0.654.